The summed E-state index contributed by atoms with van der Waals surface area (Å²) in [5.41, 5.74) is 0. The molecule has 0 unspecified atom stereocenters. The molecule has 9 heavy (non-hydrogen) atoms. The van der Waals surface area contributed by atoms with Gasteiger partial charge in [0.1, 0.15) is 0 Å². The van der Waals surface area contributed by atoms with Crippen LogP contribution in [0.15, 0.2) is 18.5 Å². The Kier molecular flexibility index (Phi) is 1.85. The normalized spacial score (nSPS) is 10.6. The SMILES string of the molecule is CN(C)Cn1cccn1. The largest absolute Gasteiger partial charge is 0.291 e. The maximum Gasteiger partial charge on any atom is 0.0923 e. The van der Waals surface area contributed by atoms with Crippen LogP contribution in [0.3, 0.4) is 0 Å². The third-order valence-electron chi connectivity index (χ3n) is 0.987. The smallest absolute Gasteiger partial charge is 0.0923 e. The van der Waals surface area contributed by atoms with Crippen molar-refractivity contribution in [1.82, 2.24) is 14.7 Å². The fraction of sp³-hybridized carbons (Fsp3) is 0.500. The highest BCUT2D eigenvalue weighted by Crippen LogP contribution is 1.84. The Labute approximate surface area is 54.9 Å². The maximum atomic E-state index is 4.03. The van der Waals surface area contributed by atoms with Crippen molar-refractivity contribution in [2.45, 2.75) is 6.67 Å². The van der Waals surface area contributed by atoms with Gasteiger partial charge in [0.25, 0.3) is 0 Å². The highest BCUT2D eigenvalue weighted by Gasteiger charge is 1.88. The zero-order valence-electron chi connectivity index (χ0n) is 5.78. The molecule has 3 heteroatoms. The van der Waals surface area contributed by atoms with E-state index in [1.165, 1.54) is 0 Å². The van der Waals surface area contributed by atoms with Crippen LogP contribution in [0.1, 0.15) is 0 Å². The van der Waals surface area contributed by atoms with Gasteiger partial charge < -0.3 is 0 Å². The molecule has 0 aliphatic heterocycles. The number of hydrogen-bond acceptors (Lipinski definition) is 2. The van der Waals surface area contributed by atoms with E-state index in [1.807, 2.05) is 31.0 Å². The molecule has 0 spiro atoms. The van der Waals surface area contributed by atoms with Crippen molar-refractivity contribution < 1.29 is 0 Å². The van der Waals surface area contributed by atoms with Gasteiger partial charge in [-0.15, -0.1) is 0 Å². The van der Waals surface area contributed by atoms with E-state index >= 15 is 0 Å². The molecule has 1 aromatic heterocycles. The lowest BCUT2D eigenvalue weighted by Crippen LogP contribution is -2.16. The molecular formula is C6H11N3. The first-order chi connectivity index (χ1) is 4.29. The van der Waals surface area contributed by atoms with Gasteiger partial charge in [0.15, 0.2) is 0 Å². The summed E-state index contributed by atoms with van der Waals surface area (Å²) in [5, 5.41) is 4.03. The molecule has 50 valence electrons. The fourth-order valence-corrected chi connectivity index (χ4v) is 0.674. The lowest BCUT2D eigenvalue weighted by molar-refractivity contribution is 0.307. The topological polar surface area (TPSA) is 21.1 Å². The van der Waals surface area contributed by atoms with Crippen molar-refractivity contribution in [2.24, 2.45) is 0 Å². The third-order valence-corrected chi connectivity index (χ3v) is 0.987. The van der Waals surface area contributed by atoms with Gasteiger partial charge in [-0.3, -0.25) is 9.58 Å². The first-order valence-corrected chi connectivity index (χ1v) is 2.91. The Balaban J connectivity index is 2.48. The highest BCUT2D eigenvalue weighted by molar-refractivity contribution is 4.76. The minimum atomic E-state index is 0.854. The van der Waals surface area contributed by atoms with E-state index in [2.05, 4.69) is 10.00 Å². The van der Waals surface area contributed by atoms with Crippen LogP contribution in [0.5, 0.6) is 0 Å². The quantitative estimate of drug-likeness (QED) is 0.570. The molecule has 0 aromatic carbocycles. The lowest BCUT2D eigenvalue weighted by Gasteiger charge is -2.07. The minimum Gasteiger partial charge on any atom is -0.291 e. The van der Waals surface area contributed by atoms with E-state index in [0.717, 1.165) is 6.67 Å². The van der Waals surface area contributed by atoms with Gasteiger partial charge in [-0.05, 0) is 20.2 Å². The van der Waals surface area contributed by atoms with Crippen LogP contribution in [0, 0.1) is 0 Å². The number of nitrogens with zero attached hydrogens (tertiary/aromatic N) is 3. The molecule has 0 radical (unpaired) electrons. The van der Waals surface area contributed by atoms with E-state index in [9.17, 15) is 0 Å². The van der Waals surface area contributed by atoms with Gasteiger partial charge in [-0.25, -0.2) is 0 Å². The summed E-state index contributed by atoms with van der Waals surface area (Å²) in [6.07, 6.45) is 3.73. The molecule has 0 amide bonds. The van der Waals surface area contributed by atoms with Crippen LogP contribution < -0.4 is 0 Å². The maximum absolute atomic E-state index is 4.03. The summed E-state index contributed by atoms with van der Waals surface area (Å²) < 4.78 is 1.88. The number of hydrogen-bond donors (Lipinski definition) is 0. The van der Waals surface area contributed by atoms with Gasteiger partial charge in [0.05, 0.1) is 6.67 Å². The first-order valence-electron chi connectivity index (χ1n) is 2.91. The van der Waals surface area contributed by atoms with E-state index in [0.29, 0.717) is 0 Å². The predicted molar refractivity (Wildman–Crippen MR) is 35.9 cm³/mol. The Hall–Kier alpha value is -0.830. The number of rotatable bonds is 2. The fourth-order valence-electron chi connectivity index (χ4n) is 0.674. The summed E-state index contributed by atoms with van der Waals surface area (Å²) in [6, 6.07) is 1.92. The molecule has 1 rings (SSSR count). The molecule has 3 nitrogen and oxygen atoms in total. The zero-order valence-corrected chi connectivity index (χ0v) is 5.78. The van der Waals surface area contributed by atoms with Crippen LogP contribution in [0.2, 0.25) is 0 Å². The monoisotopic (exact) mass is 125 g/mol. The van der Waals surface area contributed by atoms with Crippen molar-refractivity contribution in [3.63, 3.8) is 0 Å². The second-order valence-corrected chi connectivity index (χ2v) is 2.27. The Morgan fingerprint density at radius 1 is 1.56 bits per heavy atom. The van der Waals surface area contributed by atoms with Gasteiger partial charge in [-0.1, -0.05) is 0 Å². The minimum absolute atomic E-state index is 0.854. The summed E-state index contributed by atoms with van der Waals surface area (Å²) in [6.45, 7) is 0.854. The van der Waals surface area contributed by atoms with Gasteiger partial charge in [0, 0.05) is 12.4 Å². The molecular weight excluding hydrogens is 114 g/mol. The van der Waals surface area contributed by atoms with Crippen molar-refractivity contribution >= 4 is 0 Å². The molecule has 0 aliphatic carbocycles. The van der Waals surface area contributed by atoms with E-state index in [4.69, 9.17) is 0 Å². The van der Waals surface area contributed by atoms with Crippen molar-refractivity contribution in [3.8, 4) is 0 Å². The van der Waals surface area contributed by atoms with Crippen LogP contribution in [0.4, 0.5) is 0 Å². The summed E-state index contributed by atoms with van der Waals surface area (Å²) in [5.74, 6) is 0. The van der Waals surface area contributed by atoms with Gasteiger partial charge in [-0.2, -0.15) is 5.10 Å². The van der Waals surface area contributed by atoms with E-state index in [1.54, 1.807) is 6.20 Å². The van der Waals surface area contributed by atoms with Crippen LogP contribution >= 0.6 is 0 Å². The standard InChI is InChI=1S/C6H11N3/c1-8(2)6-9-5-3-4-7-9/h3-5H,6H2,1-2H3. The molecule has 0 aliphatic rings. The first kappa shape index (κ1) is 6.29. The Morgan fingerprint density at radius 3 is 2.78 bits per heavy atom. The lowest BCUT2D eigenvalue weighted by atomic mass is 10.7. The second-order valence-electron chi connectivity index (χ2n) is 2.27. The Bertz CT molecular complexity index is 155. The average molecular weight is 125 g/mol. The van der Waals surface area contributed by atoms with Crippen molar-refractivity contribution in [1.29, 1.82) is 0 Å². The predicted octanol–water partition coefficient (Wildman–Crippen LogP) is 0.402. The molecule has 0 N–H and O–H groups in total. The number of aromatic nitrogens is 2. The molecule has 0 saturated carbocycles. The van der Waals surface area contributed by atoms with Crippen molar-refractivity contribution in [3.05, 3.63) is 18.5 Å². The molecule has 0 saturated heterocycles. The summed E-state index contributed by atoms with van der Waals surface area (Å²) >= 11 is 0. The average Bonchev–Trinajstić information content (AvgIpc) is 2.15. The summed E-state index contributed by atoms with van der Waals surface area (Å²) in [4.78, 5) is 2.06. The molecule has 1 aromatic rings. The summed E-state index contributed by atoms with van der Waals surface area (Å²) in [7, 11) is 4.03. The second kappa shape index (κ2) is 2.64. The third kappa shape index (κ3) is 1.85. The van der Waals surface area contributed by atoms with Crippen LogP contribution in [-0.4, -0.2) is 28.8 Å². The van der Waals surface area contributed by atoms with Crippen LogP contribution in [0.25, 0.3) is 0 Å². The molecule has 1 heterocycles. The molecule has 0 atom stereocenters. The molecule has 0 fully saturated rings. The van der Waals surface area contributed by atoms with Crippen molar-refractivity contribution in [2.75, 3.05) is 14.1 Å². The van der Waals surface area contributed by atoms with Gasteiger partial charge >= 0.3 is 0 Å². The highest BCUT2D eigenvalue weighted by atomic mass is 15.3. The van der Waals surface area contributed by atoms with Gasteiger partial charge in [0.2, 0.25) is 0 Å². The van der Waals surface area contributed by atoms with Crippen LogP contribution in [-0.2, 0) is 6.67 Å². The Morgan fingerprint density at radius 2 is 2.33 bits per heavy atom. The van der Waals surface area contributed by atoms with E-state index < -0.39 is 0 Å². The van der Waals surface area contributed by atoms with E-state index in [-0.39, 0.29) is 0 Å². The molecule has 0 bridgehead atoms. The zero-order chi connectivity index (χ0) is 6.69.